The fourth-order valence-corrected chi connectivity index (χ4v) is 7.58. The number of hydrogen-bond donors (Lipinski definition) is 2. The van der Waals surface area contributed by atoms with E-state index in [2.05, 4.69) is 20.4 Å². The molecule has 0 saturated heterocycles. The van der Waals surface area contributed by atoms with Gasteiger partial charge in [-0.25, -0.2) is 0 Å². The summed E-state index contributed by atoms with van der Waals surface area (Å²) in [5.74, 6) is 1.75. The molecule has 2 nitrogen and oxygen atoms in total. The van der Waals surface area contributed by atoms with Gasteiger partial charge >= 0.3 is 0 Å². The fraction of sp³-hybridized carbons (Fsp3) is 0.900. The summed E-state index contributed by atoms with van der Waals surface area (Å²) in [5, 5.41) is 21.2. The summed E-state index contributed by atoms with van der Waals surface area (Å²) in [6.07, 6.45) is 9.10. The minimum atomic E-state index is -0.193. The highest BCUT2D eigenvalue weighted by molar-refractivity contribution is 5.24. The monoisotopic (exact) mass is 304 g/mol. The van der Waals surface area contributed by atoms with Gasteiger partial charge in [-0.1, -0.05) is 32.4 Å². The Balaban J connectivity index is 1.78. The van der Waals surface area contributed by atoms with Gasteiger partial charge in [0.15, 0.2) is 0 Å². The Labute approximate surface area is 135 Å². The van der Waals surface area contributed by atoms with E-state index in [-0.39, 0.29) is 23.5 Å². The minimum Gasteiger partial charge on any atom is -0.396 e. The molecule has 0 radical (unpaired) electrons. The summed E-state index contributed by atoms with van der Waals surface area (Å²) in [5.41, 5.74) is 1.82. The first-order valence-corrected chi connectivity index (χ1v) is 9.32. The van der Waals surface area contributed by atoms with E-state index in [9.17, 15) is 10.2 Å². The Kier molecular flexibility index (Phi) is 3.18. The number of allylic oxidation sites excluding steroid dienone is 1. The zero-order valence-corrected chi connectivity index (χ0v) is 14.3. The summed E-state index contributed by atoms with van der Waals surface area (Å²) in [7, 11) is 0. The topological polar surface area (TPSA) is 40.5 Å². The van der Waals surface area contributed by atoms with Crippen molar-refractivity contribution in [2.75, 3.05) is 6.61 Å². The predicted molar refractivity (Wildman–Crippen MR) is 88.3 cm³/mol. The molecule has 4 aliphatic carbocycles. The molecule has 2 heteroatoms. The zero-order chi connectivity index (χ0) is 15.8. The molecule has 124 valence electrons. The van der Waals surface area contributed by atoms with Crippen LogP contribution in [-0.4, -0.2) is 22.9 Å². The van der Waals surface area contributed by atoms with E-state index in [1.54, 1.807) is 0 Å². The van der Waals surface area contributed by atoms with E-state index in [0.717, 1.165) is 19.3 Å². The first kappa shape index (κ1) is 15.2. The lowest BCUT2D eigenvalue weighted by atomic mass is 9.40. The van der Waals surface area contributed by atoms with Crippen molar-refractivity contribution in [1.82, 2.24) is 0 Å². The van der Waals surface area contributed by atoms with Crippen LogP contribution in [0.4, 0.5) is 0 Å². The van der Waals surface area contributed by atoms with Crippen LogP contribution in [0.1, 0.15) is 65.2 Å². The first-order chi connectivity index (χ1) is 10.4. The van der Waals surface area contributed by atoms with Crippen molar-refractivity contribution in [3.05, 3.63) is 12.2 Å². The maximum atomic E-state index is 11.2. The normalized spacial score (nSPS) is 57.4. The van der Waals surface area contributed by atoms with Crippen LogP contribution in [0.5, 0.6) is 0 Å². The molecule has 2 bridgehead atoms. The van der Waals surface area contributed by atoms with E-state index in [4.69, 9.17) is 0 Å². The van der Waals surface area contributed by atoms with E-state index >= 15 is 0 Å². The predicted octanol–water partition coefficient (Wildman–Crippen LogP) is 3.92. The molecule has 1 spiro atoms. The van der Waals surface area contributed by atoms with Crippen LogP contribution in [-0.2, 0) is 0 Å². The van der Waals surface area contributed by atoms with Crippen molar-refractivity contribution in [3.8, 4) is 0 Å². The quantitative estimate of drug-likeness (QED) is 0.721. The Morgan fingerprint density at radius 2 is 1.95 bits per heavy atom. The summed E-state index contributed by atoms with van der Waals surface area (Å²) in [6, 6.07) is 0. The SMILES string of the molecule is C=C1C[C@]23C[C@H]1CC[C@H]2[C@]1(C)CCC[C@](C)(CO)C1C[C@@H]3O. The van der Waals surface area contributed by atoms with Gasteiger partial charge in [0.1, 0.15) is 0 Å². The summed E-state index contributed by atoms with van der Waals surface area (Å²) < 4.78 is 0. The maximum Gasteiger partial charge on any atom is 0.0605 e. The van der Waals surface area contributed by atoms with Crippen molar-refractivity contribution in [1.29, 1.82) is 0 Å². The Bertz CT molecular complexity index is 500. The molecule has 0 aromatic carbocycles. The Hall–Kier alpha value is -0.340. The van der Waals surface area contributed by atoms with Crippen molar-refractivity contribution >= 4 is 0 Å². The van der Waals surface area contributed by atoms with Crippen molar-refractivity contribution < 1.29 is 10.2 Å². The first-order valence-electron chi connectivity index (χ1n) is 9.32. The highest BCUT2D eigenvalue weighted by atomic mass is 16.3. The van der Waals surface area contributed by atoms with Gasteiger partial charge in [0, 0.05) is 12.0 Å². The average molecular weight is 304 g/mol. The van der Waals surface area contributed by atoms with Crippen LogP contribution in [0.25, 0.3) is 0 Å². The largest absolute Gasteiger partial charge is 0.396 e. The third kappa shape index (κ3) is 1.69. The van der Waals surface area contributed by atoms with Crippen molar-refractivity contribution in [3.63, 3.8) is 0 Å². The highest BCUT2D eigenvalue weighted by Gasteiger charge is 2.66. The van der Waals surface area contributed by atoms with E-state index in [1.807, 2.05) is 0 Å². The number of aliphatic hydroxyl groups is 2. The van der Waals surface area contributed by atoms with Gasteiger partial charge in [-0.05, 0) is 73.5 Å². The van der Waals surface area contributed by atoms with Gasteiger partial charge in [0.05, 0.1) is 6.10 Å². The second kappa shape index (κ2) is 4.60. The minimum absolute atomic E-state index is 0.00204. The highest BCUT2D eigenvalue weighted by Crippen LogP contribution is 2.71. The number of fused-ring (bicyclic) bond motifs is 3. The third-order valence-corrected chi connectivity index (χ3v) is 8.64. The third-order valence-electron chi connectivity index (χ3n) is 8.64. The summed E-state index contributed by atoms with van der Waals surface area (Å²) in [6.45, 7) is 9.36. The van der Waals surface area contributed by atoms with Gasteiger partial charge in [0.2, 0.25) is 0 Å². The number of rotatable bonds is 1. The molecule has 2 N–H and O–H groups in total. The Morgan fingerprint density at radius 3 is 2.68 bits per heavy atom. The standard InChI is InChI=1S/C20H32O2/c1-13-10-20-11-14(13)5-6-15(20)19(3)8-4-7-18(2,12-21)16(19)9-17(20)22/h14-17,21-22H,1,4-12H2,2-3H3/t14-,15+,16?,17+,18-,19+,20+/m1/s1. The van der Waals surface area contributed by atoms with Gasteiger partial charge in [0.25, 0.3) is 0 Å². The van der Waals surface area contributed by atoms with E-state index < -0.39 is 0 Å². The fourth-order valence-electron chi connectivity index (χ4n) is 7.58. The van der Waals surface area contributed by atoms with Crippen LogP contribution in [0.3, 0.4) is 0 Å². The molecule has 4 fully saturated rings. The van der Waals surface area contributed by atoms with Crippen LogP contribution in [0, 0.1) is 34.0 Å². The van der Waals surface area contributed by atoms with Crippen LogP contribution in [0.15, 0.2) is 12.2 Å². The van der Waals surface area contributed by atoms with E-state index in [0.29, 0.717) is 23.2 Å². The molecule has 4 saturated carbocycles. The van der Waals surface area contributed by atoms with Gasteiger partial charge in [-0.15, -0.1) is 0 Å². The molecular weight excluding hydrogens is 272 g/mol. The van der Waals surface area contributed by atoms with Crippen molar-refractivity contribution in [2.24, 2.45) is 34.0 Å². The zero-order valence-electron chi connectivity index (χ0n) is 14.3. The van der Waals surface area contributed by atoms with Crippen LogP contribution < -0.4 is 0 Å². The molecule has 0 heterocycles. The number of hydrogen-bond acceptors (Lipinski definition) is 2. The molecule has 0 aromatic rings. The summed E-state index contributed by atoms with van der Waals surface area (Å²) >= 11 is 0. The van der Waals surface area contributed by atoms with Gasteiger partial charge in [-0.3, -0.25) is 0 Å². The lowest BCUT2D eigenvalue weighted by Gasteiger charge is -2.65. The molecular formula is C20H32O2. The van der Waals surface area contributed by atoms with Crippen molar-refractivity contribution in [2.45, 2.75) is 71.3 Å². The molecule has 4 aliphatic rings. The summed E-state index contributed by atoms with van der Waals surface area (Å²) in [4.78, 5) is 0. The molecule has 0 aromatic heterocycles. The maximum absolute atomic E-state index is 11.2. The molecule has 22 heavy (non-hydrogen) atoms. The Morgan fingerprint density at radius 1 is 1.18 bits per heavy atom. The molecule has 1 unspecified atom stereocenters. The molecule has 0 amide bonds. The van der Waals surface area contributed by atoms with E-state index in [1.165, 1.54) is 37.7 Å². The molecule has 7 atom stereocenters. The lowest BCUT2D eigenvalue weighted by Crippen LogP contribution is -2.62. The molecule has 0 aliphatic heterocycles. The second-order valence-corrected chi connectivity index (χ2v) is 9.57. The lowest BCUT2D eigenvalue weighted by molar-refractivity contribution is -0.205. The smallest absolute Gasteiger partial charge is 0.0605 e. The van der Waals surface area contributed by atoms with Gasteiger partial charge in [-0.2, -0.15) is 0 Å². The van der Waals surface area contributed by atoms with Crippen LogP contribution in [0.2, 0.25) is 0 Å². The second-order valence-electron chi connectivity index (χ2n) is 9.57. The number of aliphatic hydroxyl groups excluding tert-OH is 2. The molecule has 4 rings (SSSR count). The van der Waals surface area contributed by atoms with Gasteiger partial charge < -0.3 is 10.2 Å². The van der Waals surface area contributed by atoms with Crippen LogP contribution >= 0.6 is 0 Å². The average Bonchev–Trinajstić information content (AvgIpc) is 2.73.